The summed E-state index contributed by atoms with van der Waals surface area (Å²) in [7, 11) is 0. The molecule has 0 saturated carbocycles. The van der Waals surface area contributed by atoms with Gasteiger partial charge in [-0.05, 0) is 43.3 Å². The molecule has 5 nitrogen and oxygen atoms in total. The molecule has 5 heteroatoms. The fourth-order valence-corrected chi connectivity index (χ4v) is 1.67. The van der Waals surface area contributed by atoms with Crippen LogP contribution in [0.3, 0.4) is 0 Å². The third-order valence-electron chi connectivity index (χ3n) is 2.84. The van der Waals surface area contributed by atoms with E-state index in [1.54, 1.807) is 48.5 Å². The molecule has 0 fully saturated rings. The predicted molar refractivity (Wildman–Crippen MR) is 80.8 cm³/mol. The molecule has 0 aliphatic carbocycles. The Morgan fingerprint density at radius 3 is 2.29 bits per heavy atom. The number of carbonyl (C=O) groups is 2. The van der Waals surface area contributed by atoms with Gasteiger partial charge in [-0.25, -0.2) is 4.79 Å². The second kappa shape index (κ2) is 6.56. The van der Waals surface area contributed by atoms with Gasteiger partial charge < -0.3 is 15.8 Å². The SMILES string of the molecule is C[C@H](OC(=O)c1ccc(N)cc1)C(=O)Nc1ccccc1. The molecule has 3 N–H and O–H groups in total. The molecule has 21 heavy (non-hydrogen) atoms. The highest BCUT2D eigenvalue weighted by molar-refractivity contribution is 5.97. The monoisotopic (exact) mass is 284 g/mol. The van der Waals surface area contributed by atoms with Crippen LogP contribution >= 0.6 is 0 Å². The number of ether oxygens (including phenoxy) is 1. The molecule has 108 valence electrons. The molecule has 0 unspecified atom stereocenters. The first-order valence-corrected chi connectivity index (χ1v) is 6.48. The standard InChI is InChI=1S/C16H16N2O3/c1-11(15(19)18-14-5-3-2-4-6-14)21-16(20)12-7-9-13(17)10-8-12/h2-11H,17H2,1H3,(H,18,19)/t11-/m0/s1. The Morgan fingerprint density at radius 1 is 1.05 bits per heavy atom. The molecule has 0 saturated heterocycles. The summed E-state index contributed by atoms with van der Waals surface area (Å²) in [4.78, 5) is 23.8. The molecule has 2 aromatic carbocycles. The second-order valence-corrected chi connectivity index (χ2v) is 4.52. The zero-order chi connectivity index (χ0) is 15.2. The molecule has 2 rings (SSSR count). The van der Waals surface area contributed by atoms with Gasteiger partial charge in [0.15, 0.2) is 6.10 Å². The van der Waals surface area contributed by atoms with Crippen molar-refractivity contribution >= 4 is 23.3 Å². The van der Waals surface area contributed by atoms with Gasteiger partial charge in [0.2, 0.25) is 0 Å². The van der Waals surface area contributed by atoms with Gasteiger partial charge in [0.1, 0.15) is 0 Å². The van der Waals surface area contributed by atoms with Crippen molar-refractivity contribution in [2.24, 2.45) is 0 Å². The van der Waals surface area contributed by atoms with Crippen molar-refractivity contribution in [3.63, 3.8) is 0 Å². The summed E-state index contributed by atoms with van der Waals surface area (Å²) in [6.45, 7) is 1.52. The molecule has 2 aromatic rings. The molecule has 0 bridgehead atoms. The minimum absolute atomic E-state index is 0.351. The Bertz CT molecular complexity index is 624. The molecule has 0 aliphatic rings. The maximum atomic E-state index is 11.9. The fraction of sp³-hybridized carbons (Fsp3) is 0.125. The average Bonchev–Trinajstić information content (AvgIpc) is 2.48. The number of rotatable bonds is 4. The van der Waals surface area contributed by atoms with Crippen LogP contribution in [0.5, 0.6) is 0 Å². The van der Waals surface area contributed by atoms with Crippen LogP contribution in [0.4, 0.5) is 11.4 Å². The van der Waals surface area contributed by atoms with E-state index in [2.05, 4.69) is 5.32 Å². The van der Waals surface area contributed by atoms with Gasteiger partial charge in [-0.3, -0.25) is 4.79 Å². The van der Waals surface area contributed by atoms with Crippen molar-refractivity contribution in [2.75, 3.05) is 11.1 Å². The molecule has 1 amide bonds. The van der Waals surface area contributed by atoms with E-state index in [0.29, 0.717) is 16.9 Å². The Morgan fingerprint density at radius 2 is 1.67 bits per heavy atom. The summed E-state index contributed by atoms with van der Waals surface area (Å²) in [6, 6.07) is 15.3. The van der Waals surface area contributed by atoms with Gasteiger partial charge in [0.05, 0.1) is 5.56 Å². The van der Waals surface area contributed by atoms with Gasteiger partial charge in [0.25, 0.3) is 5.91 Å². The first-order valence-electron chi connectivity index (χ1n) is 6.48. The lowest BCUT2D eigenvalue weighted by atomic mass is 10.2. The Labute approximate surface area is 122 Å². The van der Waals surface area contributed by atoms with E-state index >= 15 is 0 Å². The summed E-state index contributed by atoms with van der Waals surface area (Å²) in [5.74, 6) is -0.948. The van der Waals surface area contributed by atoms with Crippen molar-refractivity contribution in [1.29, 1.82) is 0 Å². The van der Waals surface area contributed by atoms with Crippen molar-refractivity contribution in [2.45, 2.75) is 13.0 Å². The number of anilines is 2. The fourth-order valence-electron chi connectivity index (χ4n) is 1.67. The number of nitrogens with one attached hydrogen (secondary N) is 1. The van der Waals surface area contributed by atoms with Gasteiger partial charge in [0, 0.05) is 11.4 Å². The number of benzene rings is 2. The first kappa shape index (κ1) is 14.6. The van der Waals surface area contributed by atoms with Crippen LogP contribution in [0, 0.1) is 0 Å². The Balaban J connectivity index is 1.94. The van der Waals surface area contributed by atoms with Crippen molar-refractivity contribution in [1.82, 2.24) is 0 Å². The number of esters is 1. The summed E-state index contributed by atoms with van der Waals surface area (Å²) in [5, 5.41) is 2.67. The van der Waals surface area contributed by atoms with Crippen molar-refractivity contribution in [3.8, 4) is 0 Å². The lowest BCUT2D eigenvalue weighted by Crippen LogP contribution is -2.29. The van der Waals surface area contributed by atoms with E-state index in [4.69, 9.17) is 10.5 Å². The summed E-state index contributed by atoms with van der Waals surface area (Å²) < 4.78 is 5.12. The van der Waals surface area contributed by atoms with Crippen molar-refractivity contribution < 1.29 is 14.3 Å². The molecular formula is C16H16N2O3. The predicted octanol–water partition coefficient (Wildman–Crippen LogP) is 2.45. The minimum atomic E-state index is -0.893. The van der Waals surface area contributed by atoms with Crippen LogP contribution in [0.15, 0.2) is 54.6 Å². The average molecular weight is 284 g/mol. The van der Waals surface area contributed by atoms with Gasteiger partial charge >= 0.3 is 5.97 Å². The van der Waals surface area contributed by atoms with Crippen LogP contribution < -0.4 is 11.1 Å². The van der Waals surface area contributed by atoms with Crippen LogP contribution in [-0.4, -0.2) is 18.0 Å². The highest BCUT2D eigenvalue weighted by Crippen LogP contribution is 2.10. The molecule has 0 aliphatic heterocycles. The molecule has 0 aromatic heterocycles. The molecule has 0 spiro atoms. The Kier molecular flexibility index (Phi) is 4.56. The summed E-state index contributed by atoms with van der Waals surface area (Å²) in [6.07, 6.45) is -0.893. The molecule has 0 heterocycles. The lowest BCUT2D eigenvalue weighted by molar-refractivity contribution is -0.123. The maximum Gasteiger partial charge on any atom is 0.338 e. The summed E-state index contributed by atoms with van der Waals surface area (Å²) in [5.41, 5.74) is 7.10. The lowest BCUT2D eigenvalue weighted by Gasteiger charge is -2.13. The highest BCUT2D eigenvalue weighted by Gasteiger charge is 2.18. The largest absolute Gasteiger partial charge is 0.449 e. The third kappa shape index (κ3) is 4.07. The molecule has 0 radical (unpaired) electrons. The minimum Gasteiger partial charge on any atom is -0.449 e. The highest BCUT2D eigenvalue weighted by atomic mass is 16.5. The van der Waals surface area contributed by atoms with E-state index < -0.39 is 12.1 Å². The zero-order valence-electron chi connectivity index (χ0n) is 11.6. The number of nitrogens with two attached hydrogens (primary N) is 1. The van der Waals surface area contributed by atoms with E-state index in [-0.39, 0.29) is 5.91 Å². The molecular weight excluding hydrogens is 268 g/mol. The maximum absolute atomic E-state index is 11.9. The number of hydrogen-bond acceptors (Lipinski definition) is 4. The van der Waals surface area contributed by atoms with Crippen LogP contribution in [0.2, 0.25) is 0 Å². The number of nitrogen functional groups attached to an aromatic ring is 1. The van der Waals surface area contributed by atoms with Crippen LogP contribution in [0.25, 0.3) is 0 Å². The third-order valence-corrected chi connectivity index (χ3v) is 2.84. The van der Waals surface area contributed by atoms with Crippen LogP contribution in [-0.2, 0) is 9.53 Å². The zero-order valence-corrected chi connectivity index (χ0v) is 11.6. The first-order chi connectivity index (χ1) is 10.1. The van der Waals surface area contributed by atoms with E-state index in [1.807, 2.05) is 6.07 Å². The molecule has 1 atom stereocenters. The number of amides is 1. The summed E-state index contributed by atoms with van der Waals surface area (Å²) >= 11 is 0. The number of hydrogen-bond donors (Lipinski definition) is 2. The second-order valence-electron chi connectivity index (χ2n) is 4.52. The smallest absolute Gasteiger partial charge is 0.338 e. The quantitative estimate of drug-likeness (QED) is 0.667. The number of para-hydroxylation sites is 1. The van der Waals surface area contributed by atoms with Gasteiger partial charge in [-0.15, -0.1) is 0 Å². The normalized spacial score (nSPS) is 11.5. The van der Waals surface area contributed by atoms with E-state index in [1.165, 1.54) is 6.92 Å². The van der Waals surface area contributed by atoms with Gasteiger partial charge in [-0.2, -0.15) is 0 Å². The van der Waals surface area contributed by atoms with Crippen LogP contribution in [0.1, 0.15) is 17.3 Å². The van der Waals surface area contributed by atoms with Gasteiger partial charge in [-0.1, -0.05) is 18.2 Å². The Hall–Kier alpha value is -2.82. The number of carbonyl (C=O) groups excluding carboxylic acids is 2. The van der Waals surface area contributed by atoms with E-state index in [9.17, 15) is 9.59 Å². The topological polar surface area (TPSA) is 81.4 Å². The van der Waals surface area contributed by atoms with Crippen molar-refractivity contribution in [3.05, 3.63) is 60.2 Å². The van der Waals surface area contributed by atoms with E-state index in [0.717, 1.165) is 0 Å².